The van der Waals surface area contributed by atoms with Crippen molar-refractivity contribution in [2.24, 2.45) is 12.0 Å². The van der Waals surface area contributed by atoms with Crippen molar-refractivity contribution < 1.29 is 4.74 Å². The highest BCUT2D eigenvalue weighted by Crippen LogP contribution is 2.15. The first-order valence-corrected chi connectivity index (χ1v) is 9.96. The molecule has 8 heteroatoms. The third-order valence-electron chi connectivity index (χ3n) is 4.74. The Labute approximate surface area is 191 Å². The van der Waals surface area contributed by atoms with E-state index in [0.717, 1.165) is 37.0 Å². The van der Waals surface area contributed by atoms with Crippen molar-refractivity contribution in [3.05, 3.63) is 47.0 Å². The Balaban J connectivity index is 0.00000420. The lowest BCUT2D eigenvalue weighted by Crippen LogP contribution is -2.39. The maximum Gasteiger partial charge on any atom is 0.191 e. The van der Waals surface area contributed by atoms with E-state index in [9.17, 15) is 0 Å². The van der Waals surface area contributed by atoms with Crippen molar-refractivity contribution in [1.29, 1.82) is 0 Å². The minimum absolute atomic E-state index is 0. The van der Waals surface area contributed by atoms with Gasteiger partial charge >= 0.3 is 0 Å². The fourth-order valence-corrected chi connectivity index (χ4v) is 2.75. The van der Waals surface area contributed by atoms with Gasteiger partial charge in [-0.1, -0.05) is 38.1 Å². The number of guanidine groups is 1. The van der Waals surface area contributed by atoms with E-state index < -0.39 is 0 Å². The molecule has 0 radical (unpaired) electrons. The third-order valence-corrected chi connectivity index (χ3v) is 4.74. The number of nitrogens with zero attached hydrogens (tertiary/aromatic N) is 4. The van der Waals surface area contributed by atoms with E-state index in [1.165, 1.54) is 11.1 Å². The van der Waals surface area contributed by atoms with Crippen LogP contribution in [0.15, 0.2) is 29.3 Å². The van der Waals surface area contributed by atoms with E-state index >= 15 is 0 Å². The lowest BCUT2D eigenvalue weighted by molar-refractivity contribution is 0.203. The van der Waals surface area contributed by atoms with Crippen molar-refractivity contribution in [3.63, 3.8) is 0 Å². The summed E-state index contributed by atoms with van der Waals surface area (Å²) in [5.41, 5.74) is 2.75. The van der Waals surface area contributed by atoms with Crippen LogP contribution in [0.25, 0.3) is 0 Å². The number of nitrogens with one attached hydrogen (secondary N) is 2. The summed E-state index contributed by atoms with van der Waals surface area (Å²) in [6.45, 7) is 9.04. The van der Waals surface area contributed by atoms with Crippen LogP contribution in [0.2, 0.25) is 0 Å². The SMILES string of the molecule is COCCNC(=NCc1nnc(C)n1C)NCCCc1ccc(C(C)C)cc1.I. The normalized spacial score (nSPS) is 11.4. The van der Waals surface area contributed by atoms with Gasteiger partial charge in [0.15, 0.2) is 11.8 Å². The van der Waals surface area contributed by atoms with Gasteiger partial charge in [0.05, 0.1) is 6.61 Å². The topological polar surface area (TPSA) is 76.4 Å². The molecule has 1 aromatic heterocycles. The van der Waals surface area contributed by atoms with Crippen molar-refractivity contribution in [2.75, 3.05) is 26.8 Å². The zero-order valence-electron chi connectivity index (χ0n) is 18.2. The van der Waals surface area contributed by atoms with E-state index in [0.29, 0.717) is 25.6 Å². The zero-order valence-corrected chi connectivity index (χ0v) is 20.6. The van der Waals surface area contributed by atoms with E-state index in [4.69, 9.17) is 4.74 Å². The maximum absolute atomic E-state index is 5.12. The minimum Gasteiger partial charge on any atom is -0.383 e. The molecule has 0 bridgehead atoms. The quantitative estimate of drug-likeness (QED) is 0.221. The van der Waals surface area contributed by atoms with Crippen LogP contribution in [0.4, 0.5) is 0 Å². The summed E-state index contributed by atoms with van der Waals surface area (Å²) in [6, 6.07) is 8.93. The van der Waals surface area contributed by atoms with Gasteiger partial charge in [-0.15, -0.1) is 34.2 Å². The number of aliphatic imine (C=N–C) groups is 1. The second-order valence-corrected chi connectivity index (χ2v) is 7.23. The van der Waals surface area contributed by atoms with Gasteiger partial charge in [-0.25, -0.2) is 4.99 Å². The molecule has 162 valence electrons. The number of hydrogen-bond acceptors (Lipinski definition) is 4. The van der Waals surface area contributed by atoms with Crippen LogP contribution in [0.3, 0.4) is 0 Å². The predicted molar refractivity (Wildman–Crippen MR) is 129 cm³/mol. The smallest absolute Gasteiger partial charge is 0.191 e. The molecule has 0 aliphatic heterocycles. The molecule has 1 heterocycles. The molecule has 2 aromatic rings. The first kappa shape index (κ1) is 25.4. The van der Waals surface area contributed by atoms with Crippen molar-refractivity contribution in [2.45, 2.75) is 46.1 Å². The number of hydrogen-bond donors (Lipinski definition) is 2. The first-order chi connectivity index (χ1) is 13.5. The van der Waals surface area contributed by atoms with Crippen LogP contribution in [-0.4, -0.2) is 47.5 Å². The summed E-state index contributed by atoms with van der Waals surface area (Å²) in [7, 11) is 3.65. The average molecular weight is 514 g/mol. The van der Waals surface area contributed by atoms with E-state index in [1.54, 1.807) is 7.11 Å². The molecule has 0 aliphatic rings. The summed E-state index contributed by atoms with van der Waals surface area (Å²) in [4.78, 5) is 4.63. The highest BCUT2D eigenvalue weighted by atomic mass is 127. The number of methoxy groups -OCH3 is 1. The largest absolute Gasteiger partial charge is 0.383 e. The molecule has 0 atom stereocenters. The standard InChI is InChI=1S/C21H34N6O.HI/c1-16(2)19-10-8-18(9-11-19)7-6-12-22-21(23-13-14-28-5)24-15-20-26-25-17(3)27(20)4;/h8-11,16H,6-7,12-15H2,1-5H3,(H2,22,23,24);1H. The van der Waals surface area contributed by atoms with E-state index in [-0.39, 0.29) is 24.0 Å². The molecular weight excluding hydrogens is 479 g/mol. The Hall–Kier alpha value is -1.68. The van der Waals surface area contributed by atoms with Gasteiger partial charge in [-0.05, 0) is 36.8 Å². The van der Waals surface area contributed by atoms with Gasteiger partial charge in [-0.2, -0.15) is 0 Å². The molecule has 0 amide bonds. The molecule has 0 aliphatic carbocycles. The summed E-state index contributed by atoms with van der Waals surface area (Å²) < 4.78 is 7.07. The first-order valence-electron chi connectivity index (χ1n) is 9.96. The van der Waals surface area contributed by atoms with Gasteiger partial charge in [0.1, 0.15) is 12.4 Å². The van der Waals surface area contributed by atoms with Crippen molar-refractivity contribution in [3.8, 4) is 0 Å². The van der Waals surface area contributed by atoms with E-state index in [1.807, 2.05) is 18.5 Å². The number of benzene rings is 1. The molecule has 7 nitrogen and oxygen atoms in total. The van der Waals surface area contributed by atoms with Gasteiger partial charge in [0.2, 0.25) is 0 Å². The number of aryl methyl sites for hydroxylation is 2. The molecule has 0 saturated carbocycles. The molecular formula is C21H35IN6O. The molecule has 0 saturated heterocycles. The molecule has 29 heavy (non-hydrogen) atoms. The highest BCUT2D eigenvalue weighted by molar-refractivity contribution is 14.0. The summed E-state index contributed by atoms with van der Waals surface area (Å²) >= 11 is 0. The second-order valence-electron chi connectivity index (χ2n) is 7.23. The van der Waals surface area contributed by atoms with Crippen LogP contribution >= 0.6 is 24.0 Å². The Morgan fingerprint density at radius 3 is 2.41 bits per heavy atom. The monoisotopic (exact) mass is 514 g/mol. The fraction of sp³-hybridized carbons (Fsp3) is 0.571. The molecule has 0 fully saturated rings. The van der Waals surface area contributed by atoms with Crippen LogP contribution in [0.5, 0.6) is 0 Å². The fourth-order valence-electron chi connectivity index (χ4n) is 2.75. The Bertz CT molecular complexity index is 742. The molecule has 0 spiro atoms. The van der Waals surface area contributed by atoms with E-state index in [2.05, 4.69) is 63.9 Å². The second kappa shape index (κ2) is 13.5. The summed E-state index contributed by atoms with van der Waals surface area (Å²) in [5.74, 6) is 3.07. The Morgan fingerprint density at radius 2 is 1.83 bits per heavy atom. The van der Waals surface area contributed by atoms with Crippen LogP contribution in [0.1, 0.15) is 49.0 Å². The highest BCUT2D eigenvalue weighted by Gasteiger charge is 2.05. The van der Waals surface area contributed by atoms with Gasteiger partial charge in [0.25, 0.3) is 0 Å². The zero-order chi connectivity index (χ0) is 20.4. The Morgan fingerprint density at radius 1 is 1.14 bits per heavy atom. The number of ether oxygens (including phenoxy) is 1. The number of aromatic nitrogens is 3. The number of rotatable bonds is 10. The van der Waals surface area contributed by atoms with Gasteiger partial charge < -0.3 is 19.9 Å². The third kappa shape index (κ3) is 8.69. The minimum atomic E-state index is 0. The Kier molecular flexibility index (Phi) is 11.8. The number of halogens is 1. The lowest BCUT2D eigenvalue weighted by atomic mass is 10.0. The molecule has 1 aromatic carbocycles. The molecule has 0 unspecified atom stereocenters. The van der Waals surface area contributed by atoms with Gasteiger partial charge in [0, 0.05) is 27.2 Å². The maximum atomic E-state index is 5.12. The van der Waals surface area contributed by atoms with Crippen LogP contribution in [0, 0.1) is 6.92 Å². The van der Waals surface area contributed by atoms with Gasteiger partial charge in [-0.3, -0.25) is 0 Å². The lowest BCUT2D eigenvalue weighted by Gasteiger charge is -2.12. The predicted octanol–water partition coefficient (Wildman–Crippen LogP) is 3.18. The van der Waals surface area contributed by atoms with Crippen LogP contribution in [-0.2, 0) is 24.8 Å². The van der Waals surface area contributed by atoms with Crippen molar-refractivity contribution >= 4 is 29.9 Å². The average Bonchev–Trinajstić information content (AvgIpc) is 3.01. The molecule has 2 N–H and O–H groups in total. The summed E-state index contributed by atoms with van der Waals surface area (Å²) in [6.07, 6.45) is 2.08. The molecule has 2 rings (SSSR count). The summed E-state index contributed by atoms with van der Waals surface area (Å²) in [5, 5.41) is 14.9. The van der Waals surface area contributed by atoms with Crippen LogP contribution < -0.4 is 10.6 Å². The van der Waals surface area contributed by atoms with Crippen molar-refractivity contribution in [1.82, 2.24) is 25.4 Å².